The van der Waals surface area contributed by atoms with Crippen LogP contribution in [0.25, 0.3) is 11.0 Å². The van der Waals surface area contributed by atoms with Crippen molar-refractivity contribution in [2.75, 3.05) is 13.2 Å². The molecule has 4 aromatic rings. The van der Waals surface area contributed by atoms with E-state index in [1.54, 1.807) is 18.2 Å². The molecule has 0 saturated carbocycles. The number of nitrogens with zero attached hydrogens (tertiary/aromatic N) is 3. The number of aliphatic hydroxyl groups excluding tert-OH is 1. The summed E-state index contributed by atoms with van der Waals surface area (Å²) in [5.74, 6) is -1.50. The van der Waals surface area contributed by atoms with Gasteiger partial charge in [-0.1, -0.05) is 12.1 Å². The van der Waals surface area contributed by atoms with Crippen LogP contribution in [0, 0.1) is 15.9 Å². The molecule has 0 saturated heterocycles. The molecule has 0 bridgehead atoms. The average molecular weight is 510 g/mol. The molecule has 2 aromatic carbocycles. The van der Waals surface area contributed by atoms with Crippen molar-refractivity contribution in [3.63, 3.8) is 0 Å². The molecule has 13 heteroatoms. The van der Waals surface area contributed by atoms with Gasteiger partial charge < -0.3 is 14.3 Å². The first-order valence-corrected chi connectivity index (χ1v) is 10.8. The molecular weight excluding hydrogens is 491 g/mol. The van der Waals surface area contributed by atoms with E-state index < -0.39 is 28.0 Å². The lowest BCUT2D eigenvalue weighted by Gasteiger charge is -2.13. The number of amides is 1. The Morgan fingerprint density at radius 3 is 2.68 bits per heavy atom. The number of aromatic nitrogens is 2. The zero-order valence-corrected chi connectivity index (χ0v) is 19.0. The van der Waals surface area contributed by atoms with Crippen LogP contribution >= 0.6 is 0 Å². The third kappa shape index (κ3) is 5.91. The second-order valence-electron chi connectivity index (χ2n) is 7.60. The van der Waals surface area contributed by atoms with Crippen LogP contribution in [0.5, 0.6) is 11.8 Å². The van der Waals surface area contributed by atoms with Gasteiger partial charge in [-0.05, 0) is 29.3 Å². The van der Waals surface area contributed by atoms with Gasteiger partial charge in [-0.3, -0.25) is 19.7 Å². The number of ether oxygens (including phenoxy) is 1. The molecule has 0 radical (unpaired) electrons. The van der Waals surface area contributed by atoms with Crippen molar-refractivity contribution in [2.45, 2.75) is 12.8 Å². The molecule has 190 valence electrons. The smallest absolute Gasteiger partial charge is 0.340 e. The van der Waals surface area contributed by atoms with Gasteiger partial charge in [0.2, 0.25) is 11.7 Å². The molecular formula is C24H19FN4O8. The number of hydrogen-bond acceptors (Lipinski definition) is 10. The summed E-state index contributed by atoms with van der Waals surface area (Å²) in [7, 11) is 0. The fourth-order valence-electron chi connectivity index (χ4n) is 3.58. The van der Waals surface area contributed by atoms with E-state index in [0.29, 0.717) is 5.39 Å². The van der Waals surface area contributed by atoms with E-state index in [4.69, 9.17) is 19.1 Å². The Hall–Kier alpha value is -4.75. The minimum absolute atomic E-state index is 0.0580. The molecule has 0 aliphatic rings. The molecule has 0 aliphatic heterocycles. The van der Waals surface area contributed by atoms with Gasteiger partial charge >= 0.3 is 17.3 Å². The molecule has 0 fully saturated rings. The largest absolute Gasteiger partial charge is 0.424 e. The highest BCUT2D eigenvalue weighted by Gasteiger charge is 2.23. The highest BCUT2D eigenvalue weighted by molar-refractivity contribution is 5.88. The van der Waals surface area contributed by atoms with Crippen LogP contribution < -0.4 is 15.8 Å². The lowest BCUT2D eigenvalue weighted by atomic mass is 9.95. The second-order valence-corrected chi connectivity index (χ2v) is 7.60. The Morgan fingerprint density at radius 1 is 1.16 bits per heavy atom. The van der Waals surface area contributed by atoms with Crippen molar-refractivity contribution in [3.05, 3.63) is 97.9 Å². The number of benzene rings is 2. The molecule has 0 unspecified atom stereocenters. The molecule has 4 rings (SSSR count). The molecule has 0 atom stereocenters. The number of halogens is 1. The lowest BCUT2D eigenvalue weighted by Crippen LogP contribution is -2.28. The topological polar surface area (TPSA) is 167 Å². The maximum Gasteiger partial charge on any atom is 0.340 e. The fraction of sp³-hybridized carbons (Fsp3) is 0.167. The number of fused-ring (bicyclic) bond motifs is 1. The highest BCUT2D eigenvalue weighted by Crippen LogP contribution is 2.29. The Balaban J connectivity index is 1.78. The number of nitrogens with one attached hydrogen (secondary N) is 1. The average Bonchev–Trinajstić information content (AvgIpc) is 2.87. The van der Waals surface area contributed by atoms with Crippen LogP contribution in [0.1, 0.15) is 16.7 Å². The predicted molar refractivity (Wildman–Crippen MR) is 125 cm³/mol. The van der Waals surface area contributed by atoms with Crippen LogP contribution in [-0.4, -0.2) is 39.1 Å². The minimum Gasteiger partial charge on any atom is -0.424 e. The third-order valence-corrected chi connectivity index (χ3v) is 5.18. The molecule has 2 aromatic heterocycles. The summed E-state index contributed by atoms with van der Waals surface area (Å²) in [6.45, 7) is -0.485. The number of carbonyl (C=O) groups excluding carboxylic acids is 1. The SMILES string of the molecule is O=C(Cc1c(Cc2cccc([N+](=O)[O-])c2F)c(=O)oc2cc(Oc3ncccn3)ccc12)NOCCO. The summed E-state index contributed by atoms with van der Waals surface area (Å²) < 4.78 is 25.8. The van der Waals surface area contributed by atoms with Crippen molar-refractivity contribution in [1.29, 1.82) is 0 Å². The van der Waals surface area contributed by atoms with E-state index in [-0.39, 0.29) is 60.1 Å². The molecule has 2 heterocycles. The molecule has 0 spiro atoms. The van der Waals surface area contributed by atoms with Gasteiger partial charge in [-0.2, -0.15) is 4.39 Å². The quantitative estimate of drug-likeness (QED) is 0.140. The minimum atomic E-state index is -1.10. The first-order chi connectivity index (χ1) is 17.9. The summed E-state index contributed by atoms with van der Waals surface area (Å²) >= 11 is 0. The fourth-order valence-corrected chi connectivity index (χ4v) is 3.58. The van der Waals surface area contributed by atoms with E-state index in [2.05, 4.69) is 15.4 Å². The number of nitro benzene ring substituents is 1. The number of aliphatic hydroxyl groups is 1. The van der Waals surface area contributed by atoms with Crippen LogP contribution in [0.4, 0.5) is 10.1 Å². The van der Waals surface area contributed by atoms with Crippen LogP contribution in [0.3, 0.4) is 0 Å². The first-order valence-electron chi connectivity index (χ1n) is 10.8. The lowest BCUT2D eigenvalue weighted by molar-refractivity contribution is -0.387. The van der Waals surface area contributed by atoms with Crippen LogP contribution in [0.15, 0.2) is 64.1 Å². The number of nitro groups is 1. The van der Waals surface area contributed by atoms with Gasteiger partial charge in [0.1, 0.15) is 11.3 Å². The maximum absolute atomic E-state index is 14.8. The third-order valence-electron chi connectivity index (χ3n) is 5.18. The van der Waals surface area contributed by atoms with Gasteiger partial charge in [0.15, 0.2) is 0 Å². The number of rotatable bonds is 10. The molecule has 12 nitrogen and oxygen atoms in total. The molecule has 2 N–H and O–H groups in total. The molecule has 37 heavy (non-hydrogen) atoms. The summed E-state index contributed by atoms with van der Waals surface area (Å²) in [5, 5.41) is 20.3. The van der Waals surface area contributed by atoms with Crippen molar-refractivity contribution in [2.24, 2.45) is 0 Å². The molecule has 1 amide bonds. The van der Waals surface area contributed by atoms with Gasteiger partial charge in [0.05, 0.1) is 24.6 Å². The van der Waals surface area contributed by atoms with Crippen molar-refractivity contribution < 1.29 is 33.2 Å². The zero-order chi connectivity index (χ0) is 26.4. The van der Waals surface area contributed by atoms with E-state index in [1.165, 1.54) is 30.6 Å². The van der Waals surface area contributed by atoms with Gasteiger partial charge in [0, 0.05) is 41.9 Å². The number of hydrogen-bond donors (Lipinski definition) is 2. The van der Waals surface area contributed by atoms with Gasteiger partial charge in [-0.25, -0.2) is 20.2 Å². The second kappa shape index (κ2) is 11.3. The van der Waals surface area contributed by atoms with Gasteiger partial charge in [0.25, 0.3) is 0 Å². The van der Waals surface area contributed by atoms with E-state index >= 15 is 0 Å². The van der Waals surface area contributed by atoms with E-state index in [1.807, 2.05) is 0 Å². The summed E-state index contributed by atoms with van der Waals surface area (Å²) in [6.07, 6.45) is 2.22. The van der Waals surface area contributed by atoms with Crippen LogP contribution in [0.2, 0.25) is 0 Å². The standard InChI is InChI=1S/C24H19FN4O8/c25-22-14(3-1-4-19(22)29(33)34)11-18-17(13-21(31)28-35-10-9-30)16-6-5-15(12-20(16)37-23(18)32)36-24-26-7-2-8-27-24/h1-8,12,30H,9-11,13H2,(H,28,31). The first kappa shape index (κ1) is 25.3. The predicted octanol–water partition coefficient (Wildman–Crippen LogP) is 2.60. The van der Waals surface area contributed by atoms with Crippen LogP contribution in [-0.2, 0) is 22.5 Å². The maximum atomic E-state index is 14.8. The van der Waals surface area contributed by atoms with E-state index in [9.17, 15) is 24.1 Å². The summed E-state index contributed by atoms with van der Waals surface area (Å²) in [5.41, 5.74) is 0.613. The highest BCUT2D eigenvalue weighted by atomic mass is 19.1. The number of hydroxylamine groups is 1. The number of carbonyl (C=O) groups is 1. The monoisotopic (exact) mass is 510 g/mol. The zero-order valence-electron chi connectivity index (χ0n) is 19.0. The van der Waals surface area contributed by atoms with E-state index in [0.717, 1.165) is 6.07 Å². The Morgan fingerprint density at radius 2 is 1.95 bits per heavy atom. The summed E-state index contributed by atoms with van der Waals surface area (Å²) in [6, 6.07) is 9.77. The van der Waals surface area contributed by atoms with Crippen molar-refractivity contribution in [3.8, 4) is 11.8 Å². The van der Waals surface area contributed by atoms with Crippen molar-refractivity contribution in [1.82, 2.24) is 15.4 Å². The Bertz CT molecular complexity index is 1510. The Labute approximate surface area is 207 Å². The summed E-state index contributed by atoms with van der Waals surface area (Å²) in [4.78, 5) is 48.6. The van der Waals surface area contributed by atoms with Crippen molar-refractivity contribution >= 4 is 22.6 Å². The Kier molecular flexibility index (Phi) is 7.76. The normalized spacial score (nSPS) is 10.9. The molecule has 0 aliphatic carbocycles. The van der Waals surface area contributed by atoms with Gasteiger partial charge in [-0.15, -0.1) is 0 Å².